The highest BCUT2D eigenvalue weighted by atomic mass is 19.1. The molecule has 2 amide bonds. The first-order valence-electron chi connectivity index (χ1n) is 7.35. The van der Waals surface area contributed by atoms with Gasteiger partial charge in [0.2, 0.25) is 5.91 Å². The number of benzene rings is 1. The molecule has 1 saturated heterocycles. The number of nitrogens with zero attached hydrogens (tertiary/aromatic N) is 1. The van der Waals surface area contributed by atoms with Gasteiger partial charge in [0.1, 0.15) is 5.82 Å². The van der Waals surface area contributed by atoms with Crippen LogP contribution in [0.15, 0.2) is 24.3 Å². The van der Waals surface area contributed by atoms with Crippen molar-refractivity contribution in [2.24, 2.45) is 5.92 Å². The molecular weight excluding hydrogens is 271 g/mol. The Morgan fingerprint density at radius 1 is 1.24 bits per heavy atom. The third-order valence-corrected chi connectivity index (χ3v) is 3.92. The van der Waals surface area contributed by atoms with E-state index in [1.165, 1.54) is 31.2 Å². The second-order valence-corrected chi connectivity index (χ2v) is 5.51. The summed E-state index contributed by atoms with van der Waals surface area (Å²) in [5.41, 5.74) is 0.535. The number of likely N-dealkylation sites (tertiary alicyclic amines) is 1. The molecule has 1 aromatic carbocycles. The Hall–Kier alpha value is -1.91. The SMILES string of the molecule is CC(=O)NCCC1CCN(C(=O)c2ccc(F)cc2)CC1. The molecule has 1 aromatic rings. The maximum atomic E-state index is 12.9. The number of hydrogen-bond donors (Lipinski definition) is 1. The third-order valence-electron chi connectivity index (χ3n) is 3.92. The lowest BCUT2D eigenvalue weighted by Crippen LogP contribution is -2.39. The number of hydrogen-bond acceptors (Lipinski definition) is 2. The summed E-state index contributed by atoms with van der Waals surface area (Å²) in [4.78, 5) is 24.9. The normalized spacial score (nSPS) is 15.8. The van der Waals surface area contributed by atoms with Gasteiger partial charge in [-0.3, -0.25) is 9.59 Å². The van der Waals surface area contributed by atoms with Gasteiger partial charge in [-0.25, -0.2) is 4.39 Å². The topological polar surface area (TPSA) is 49.4 Å². The van der Waals surface area contributed by atoms with Crippen molar-refractivity contribution >= 4 is 11.8 Å². The maximum Gasteiger partial charge on any atom is 0.253 e. The summed E-state index contributed by atoms with van der Waals surface area (Å²) >= 11 is 0. The Morgan fingerprint density at radius 2 is 1.86 bits per heavy atom. The number of amides is 2. The first-order chi connectivity index (χ1) is 10.1. The Balaban J connectivity index is 1.79. The van der Waals surface area contributed by atoms with Gasteiger partial charge >= 0.3 is 0 Å². The van der Waals surface area contributed by atoms with Crippen molar-refractivity contribution in [2.45, 2.75) is 26.2 Å². The van der Waals surface area contributed by atoms with Crippen molar-refractivity contribution in [3.05, 3.63) is 35.6 Å². The van der Waals surface area contributed by atoms with E-state index in [2.05, 4.69) is 5.32 Å². The summed E-state index contributed by atoms with van der Waals surface area (Å²) in [6.07, 6.45) is 2.86. The molecule has 0 aliphatic carbocycles. The fraction of sp³-hybridized carbons (Fsp3) is 0.500. The van der Waals surface area contributed by atoms with Gasteiger partial charge in [-0.15, -0.1) is 0 Å². The van der Waals surface area contributed by atoms with Crippen LogP contribution < -0.4 is 5.32 Å². The van der Waals surface area contributed by atoms with Crippen molar-refractivity contribution in [1.82, 2.24) is 10.2 Å². The molecule has 21 heavy (non-hydrogen) atoms. The van der Waals surface area contributed by atoms with Crippen LogP contribution in [0.3, 0.4) is 0 Å². The molecule has 1 N–H and O–H groups in total. The van der Waals surface area contributed by atoms with Gasteiger partial charge in [-0.1, -0.05) is 0 Å². The predicted octanol–water partition coefficient (Wildman–Crippen LogP) is 2.20. The lowest BCUT2D eigenvalue weighted by Gasteiger charge is -2.32. The molecule has 0 radical (unpaired) electrons. The Morgan fingerprint density at radius 3 is 2.43 bits per heavy atom. The van der Waals surface area contributed by atoms with Crippen LogP contribution in [0.2, 0.25) is 0 Å². The van der Waals surface area contributed by atoms with Crippen LogP contribution in [0.5, 0.6) is 0 Å². The summed E-state index contributed by atoms with van der Waals surface area (Å²) < 4.78 is 12.9. The zero-order chi connectivity index (χ0) is 15.2. The number of carbonyl (C=O) groups excluding carboxylic acids is 2. The molecule has 5 heteroatoms. The van der Waals surface area contributed by atoms with E-state index in [9.17, 15) is 14.0 Å². The second-order valence-electron chi connectivity index (χ2n) is 5.51. The van der Waals surface area contributed by atoms with E-state index in [4.69, 9.17) is 0 Å². The molecule has 4 nitrogen and oxygen atoms in total. The van der Waals surface area contributed by atoms with Crippen molar-refractivity contribution in [3.63, 3.8) is 0 Å². The highest BCUT2D eigenvalue weighted by Crippen LogP contribution is 2.21. The van der Waals surface area contributed by atoms with E-state index >= 15 is 0 Å². The Kier molecular flexibility index (Phi) is 5.31. The molecule has 1 fully saturated rings. The van der Waals surface area contributed by atoms with Gasteiger partial charge in [-0.2, -0.15) is 0 Å². The fourth-order valence-corrected chi connectivity index (χ4v) is 2.65. The van der Waals surface area contributed by atoms with Gasteiger partial charge in [-0.05, 0) is 49.4 Å². The first-order valence-corrected chi connectivity index (χ1v) is 7.35. The average molecular weight is 292 g/mol. The van der Waals surface area contributed by atoms with Crippen LogP contribution in [-0.4, -0.2) is 36.3 Å². The van der Waals surface area contributed by atoms with E-state index in [0.717, 1.165) is 32.4 Å². The highest BCUT2D eigenvalue weighted by Gasteiger charge is 2.23. The average Bonchev–Trinajstić information content (AvgIpc) is 2.48. The van der Waals surface area contributed by atoms with E-state index in [0.29, 0.717) is 18.0 Å². The van der Waals surface area contributed by atoms with Gasteiger partial charge in [0.25, 0.3) is 5.91 Å². The number of halogens is 1. The Labute approximate surface area is 124 Å². The molecule has 1 heterocycles. The van der Waals surface area contributed by atoms with E-state index in [1.807, 2.05) is 4.90 Å². The number of piperidine rings is 1. The molecule has 0 saturated carbocycles. The molecular formula is C16H21FN2O2. The van der Waals surface area contributed by atoms with Crippen LogP contribution >= 0.6 is 0 Å². The first kappa shape index (κ1) is 15.5. The van der Waals surface area contributed by atoms with Gasteiger partial charge in [0.15, 0.2) is 0 Å². The molecule has 1 aliphatic rings. The quantitative estimate of drug-likeness (QED) is 0.925. The third kappa shape index (κ3) is 4.55. The minimum Gasteiger partial charge on any atom is -0.356 e. The standard InChI is InChI=1S/C16H21FN2O2/c1-12(20)18-9-6-13-7-10-19(11-8-13)16(21)14-2-4-15(17)5-3-14/h2-5,13H,6-11H2,1H3,(H,18,20). The van der Waals surface area contributed by atoms with Crippen molar-refractivity contribution < 1.29 is 14.0 Å². The second kappa shape index (κ2) is 7.20. The predicted molar refractivity (Wildman–Crippen MR) is 78.3 cm³/mol. The molecule has 0 bridgehead atoms. The summed E-state index contributed by atoms with van der Waals surface area (Å²) in [7, 11) is 0. The number of rotatable bonds is 4. The zero-order valence-electron chi connectivity index (χ0n) is 12.3. The Bertz CT molecular complexity index is 494. The molecule has 0 atom stereocenters. The van der Waals surface area contributed by atoms with E-state index in [1.54, 1.807) is 0 Å². The van der Waals surface area contributed by atoms with Gasteiger partial charge < -0.3 is 10.2 Å². The molecule has 1 aliphatic heterocycles. The largest absolute Gasteiger partial charge is 0.356 e. The highest BCUT2D eigenvalue weighted by molar-refractivity contribution is 5.94. The summed E-state index contributed by atoms with van der Waals surface area (Å²) in [6, 6.07) is 5.68. The van der Waals surface area contributed by atoms with Gasteiger partial charge in [0, 0.05) is 32.1 Å². The zero-order valence-corrected chi connectivity index (χ0v) is 12.3. The molecule has 2 rings (SSSR count). The monoisotopic (exact) mass is 292 g/mol. The van der Waals surface area contributed by atoms with E-state index < -0.39 is 0 Å². The summed E-state index contributed by atoms with van der Waals surface area (Å²) in [5.74, 6) is 0.187. The van der Waals surface area contributed by atoms with Crippen molar-refractivity contribution in [1.29, 1.82) is 0 Å². The fourth-order valence-electron chi connectivity index (χ4n) is 2.65. The van der Waals surface area contributed by atoms with Crippen molar-refractivity contribution in [2.75, 3.05) is 19.6 Å². The molecule has 114 valence electrons. The van der Waals surface area contributed by atoms with Crippen LogP contribution in [0.1, 0.15) is 36.5 Å². The lowest BCUT2D eigenvalue weighted by atomic mass is 9.93. The minimum absolute atomic E-state index is 0.000997. The van der Waals surface area contributed by atoms with Crippen LogP contribution in [0.4, 0.5) is 4.39 Å². The number of carbonyl (C=O) groups is 2. The maximum absolute atomic E-state index is 12.9. The minimum atomic E-state index is -0.330. The summed E-state index contributed by atoms with van der Waals surface area (Å²) in [6.45, 7) is 3.66. The van der Waals surface area contributed by atoms with Gasteiger partial charge in [0.05, 0.1) is 0 Å². The van der Waals surface area contributed by atoms with Crippen LogP contribution in [-0.2, 0) is 4.79 Å². The molecule has 0 spiro atoms. The lowest BCUT2D eigenvalue weighted by molar-refractivity contribution is -0.119. The van der Waals surface area contributed by atoms with Crippen LogP contribution in [0, 0.1) is 11.7 Å². The number of nitrogens with one attached hydrogen (secondary N) is 1. The molecule has 0 aromatic heterocycles. The smallest absolute Gasteiger partial charge is 0.253 e. The van der Waals surface area contributed by atoms with Crippen molar-refractivity contribution in [3.8, 4) is 0 Å². The van der Waals surface area contributed by atoms with E-state index in [-0.39, 0.29) is 17.6 Å². The molecule has 0 unspecified atom stereocenters. The van der Waals surface area contributed by atoms with Crippen LogP contribution in [0.25, 0.3) is 0 Å². The summed E-state index contributed by atoms with van der Waals surface area (Å²) in [5, 5.41) is 2.80.